The van der Waals surface area contributed by atoms with Crippen LogP contribution >= 0.6 is 0 Å². The maximum absolute atomic E-state index is 11.6. The molecular weight excluding hydrogens is 339 g/mol. The Kier molecular flexibility index (Phi) is 10.6. The second-order valence-corrected chi connectivity index (χ2v) is 4.42. The van der Waals surface area contributed by atoms with Crippen molar-refractivity contribution in [1.82, 2.24) is 4.90 Å². The fraction of sp³-hybridized carbons (Fsp3) is 0.412. The van der Waals surface area contributed by atoms with Crippen molar-refractivity contribution in [3.8, 4) is 5.75 Å². The Hall–Kier alpha value is -0.666. The number of allylic oxidation sites excluding steroid dienone is 1. The van der Waals surface area contributed by atoms with Gasteiger partial charge in [0, 0.05) is 39.3 Å². The van der Waals surface area contributed by atoms with E-state index in [-0.39, 0.29) is 44.7 Å². The van der Waals surface area contributed by atoms with Crippen LogP contribution < -0.4 is 4.74 Å². The third-order valence-electron chi connectivity index (χ3n) is 3.12. The van der Waals surface area contributed by atoms with Gasteiger partial charge in [0.05, 0.1) is 18.2 Å². The summed E-state index contributed by atoms with van der Waals surface area (Å²) in [5.74, 6) is 0.933. The first-order valence-corrected chi connectivity index (χ1v) is 7.21. The summed E-state index contributed by atoms with van der Waals surface area (Å²) < 4.78 is 4.94. The molecule has 0 aromatic heterocycles. The van der Waals surface area contributed by atoms with Crippen LogP contribution in [-0.2, 0) is 44.0 Å². The molecule has 1 heterocycles. The first-order valence-electron chi connectivity index (χ1n) is 7.21. The van der Waals surface area contributed by atoms with Crippen LogP contribution in [0.1, 0.15) is 39.2 Å². The van der Waals surface area contributed by atoms with Crippen molar-refractivity contribution < 1.29 is 42.2 Å². The third kappa shape index (κ3) is 5.92. The van der Waals surface area contributed by atoms with Crippen LogP contribution in [0.3, 0.4) is 0 Å². The van der Waals surface area contributed by atoms with Crippen molar-refractivity contribution in [2.24, 2.45) is 0 Å². The van der Waals surface area contributed by atoms with Crippen LogP contribution in [-0.4, -0.2) is 16.8 Å². The van der Waals surface area contributed by atoms with Gasteiger partial charge in [-0.25, -0.2) is 0 Å². The number of ether oxygens (including phenoxy) is 1. The molecule has 1 saturated heterocycles. The van der Waals surface area contributed by atoms with Crippen LogP contribution in [0.5, 0.6) is 5.75 Å². The van der Waals surface area contributed by atoms with Crippen molar-refractivity contribution in [2.45, 2.75) is 46.2 Å². The van der Waals surface area contributed by atoms with E-state index in [1.54, 1.807) is 0 Å². The number of hydrogen-bond donors (Lipinski definition) is 0. The predicted octanol–water partition coefficient (Wildman–Crippen LogP) is 3.95. The summed E-state index contributed by atoms with van der Waals surface area (Å²) in [6.07, 6.45) is 5.86. The summed E-state index contributed by atoms with van der Waals surface area (Å²) in [6.45, 7) is 6.73. The van der Waals surface area contributed by atoms with Gasteiger partial charge in [0.1, 0.15) is 0 Å². The van der Waals surface area contributed by atoms with E-state index >= 15 is 0 Å². The summed E-state index contributed by atoms with van der Waals surface area (Å²) in [5, 5.41) is 0. The molecule has 1 aliphatic rings. The van der Waals surface area contributed by atoms with E-state index in [0.29, 0.717) is 13.0 Å². The molecule has 1 aromatic carbocycles. The Morgan fingerprint density at radius 3 is 2.71 bits per heavy atom. The molecule has 1 fully saturated rings. The molecular formula is C17H24NO2Y-. The quantitative estimate of drug-likeness (QED) is 0.450. The summed E-state index contributed by atoms with van der Waals surface area (Å²) in [7, 11) is 3.39. The minimum atomic E-state index is 0. The number of amides is 1. The van der Waals surface area contributed by atoms with Crippen LogP contribution in [0.4, 0.5) is 0 Å². The first-order chi connectivity index (χ1) is 9.74. The second-order valence-electron chi connectivity index (χ2n) is 4.42. The van der Waals surface area contributed by atoms with Crippen LogP contribution in [0.25, 0.3) is 0 Å². The first kappa shape index (κ1) is 20.3. The van der Waals surface area contributed by atoms with Gasteiger partial charge < -0.3 is 9.64 Å². The number of carbonyl (C=O) groups is 1. The van der Waals surface area contributed by atoms with Crippen LogP contribution in [0.15, 0.2) is 36.4 Å². The number of rotatable bonds is 5. The summed E-state index contributed by atoms with van der Waals surface area (Å²) in [5.41, 5.74) is 1.07. The normalized spacial score (nSPS) is 16.7. The van der Waals surface area contributed by atoms with Crippen LogP contribution in [0.2, 0.25) is 0 Å². The molecule has 1 unspecified atom stereocenters. The largest absolute Gasteiger partial charge is 0.665 e. The summed E-state index contributed by atoms with van der Waals surface area (Å²) in [6, 6.07) is 7.93. The van der Waals surface area contributed by atoms with Crippen molar-refractivity contribution in [3.63, 3.8) is 0 Å². The fourth-order valence-electron chi connectivity index (χ4n) is 2.08. The van der Waals surface area contributed by atoms with Crippen molar-refractivity contribution in [3.05, 3.63) is 49.1 Å². The molecule has 2 rings (SSSR count). The van der Waals surface area contributed by atoms with Gasteiger partial charge in [0.15, 0.2) is 0 Å². The van der Waals surface area contributed by atoms with Crippen molar-refractivity contribution in [2.75, 3.05) is 0 Å². The van der Waals surface area contributed by atoms with Gasteiger partial charge in [-0.3, -0.25) is 4.79 Å². The SMILES string of the molecule is CC.[CH2-]Oc1cccc(CN2C(=O)CC2C=CCC)c1.[Y]. The molecule has 21 heavy (non-hydrogen) atoms. The zero-order chi connectivity index (χ0) is 15.0. The standard InChI is InChI=1S/C15H18NO2.C2H6.Y/c1-3-4-7-13-10-15(17)16(13)11-12-6-5-8-14(9-12)18-2;1-2;/h4-9,13H,2-3,10-11H2,1H3;1-2H3;/q-1;;. The molecule has 1 atom stereocenters. The molecule has 4 heteroatoms. The van der Waals surface area contributed by atoms with Gasteiger partial charge in [-0.1, -0.05) is 45.1 Å². The molecule has 0 spiro atoms. The van der Waals surface area contributed by atoms with E-state index in [2.05, 4.69) is 26.2 Å². The Morgan fingerprint density at radius 1 is 1.43 bits per heavy atom. The molecule has 1 aliphatic heterocycles. The van der Waals surface area contributed by atoms with E-state index in [1.807, 2.05) is 43.0 Å². The van der Waals surface area contributed by atoms with Gasteiger partial charge >= 0.3 is 0 Å². The Bertz CT molecular complexity index is 460. The van der Waals surface area contributed by atoms with Crippen LogP contribution in [0, 0.1) is 7.11 Å². The average Bonchev–Trinajstić information content (AvgIpc) is 2.51. The van der Waals surface area contributed by atoms with E-state index in [4.69, 9.17) is 4.74 Å². The molecule has 0 aliphatic carbocycles. The number of nitrogens with zero attached hydrogens (tertiary/aromatic N) is 1. The molecule has 0 saturated carbocycles. The number of hydrogen-bond acceptors (Lipinski definition) is 2. The predicted molar refractivity (Wildman–Crippen MR) is 82.2 cm³/mol. The second kappa shape index (κ2) is 11.0. The summed E-state index contributed by atoms with van der Waals surface area (Å²) in [4.78, 5) is 13.5. The minimum absolute atomic E-state index is 0. The number of benzene rings is 1. The van der Waals surface area contributed by atoms with Gasteiger partial charge in [-0.15, -0.1) is 0 Å². The zero-order valence-electron chi connectivity index (χ0n) is 13.2. The summed E-state index contributed by atoms with van der Waals surface area (Å²) >= 11 is 0. The maximum Gasteiger partial charge on any atom is 0.225 e. The molecule has 113 valence electrons. The molecule has 1 radical (unpaired) electrons. The number of β-lactam (4-membered cyclic amide) rings is 1. The van der Waals surface area contributed by atoms with Crippen molar-refractivity contribution >= 4 is 5.91 Å². The van der Waals surface area contributed by atoms with E-state index in [1.165, 1.54) is 0 Å². The number of carbonyl (C=O) groups excluding carboxylic acids is 1. The third-order valence-corrected chi connectivity index (χ3v) is 3.12. The fourth-order valence-corrected chi connectivity index (χ4v) is 2.08. The van der Waals surface area contributed by atoms with Gasteiger partial charge in [-0.2, -0.15) is 7.11 Å². The van der Waals surface area contributed by atoms with Gasteiger partial charge in [0.25, 0.3) is 0 Å². The Balaban J connectivity index is 0.00000128. The average molecular weight is 363 g/mol. The Labute approximate surface area is 153 Å². The van der Waals surface area contributed by atoms with E-state index in [9.17, 15) is 4.79 Å². The topological polar surface area (TPSA) is 29.5 Å². The monoisotopic (exact) mass is 363 g/mol. The van der Waals surface area contributed by atoms with E-state index in [0.717, 1.165) is 17.7 Å². The molecule has 1 amide bonds. The van der Waals surface area contributed by atoms with Crippen molar-refractivity contribution in [1.29, 1.82) is 0 Å². The zero-order valence-corrected chi connectivity index (χ0v) is 16.0. The molecule has 1 aromatic rings. The smallest absolute Gasteiger partial charge is 0.225 e. The Morgan fingerprint density at radius 2 is 2.14 bits per heavy atom. The minimum Gasteiger partial charge on any atom is -0.665 e. The molecule has 3 nitrogen and oxygen atoms in total. The molecule has 0 bridgehead atoms. The van der Waals surface area contributed by atoms with E-state index < -0.39 is 0 Å². The molecule has 0 N–H and O–H groups in total. The van der Waals surface area contributed by atoms with Gasteiger partial charge in [-0.05, 0) is 24.1 Å². The number of likely N-dealkylation sites (tertiary alicyclic amines) is 1. The van der Waals surface area contributed by atoms with Gasteiger partial charge in [0.2, 0.25) is 5.91 Å². The maximum atomic E-state index is 11.6.